The van der Waals surface area contributed by atoms with E-state index in [2.05, 4.69) is 9.97 Å². The van der Waals surface area contributed by atoms with E-state index in [1.165, 1.54) is 0 Å². The van der Waals surface area contributed by atoms with Gasteiger partial charge in [0.1, 0.15) is 5.75 Å². The van der Waals surface area contributed by atoms with Gasteiger partial charge in [0.25, 0.3) is 5.78 Å². The monoisotopic (exact) mass is 388 g/mol. The van der Waals surface area contributed by atoms with E-state index in [1.807, 2.05) is 48.5 Å². The number of rotatable bonds is 4. The normalized spacial score (nSPS) is 13.3. The molecule has 0 aliphatic carbocycles. The maximum atomic E-state index is 5.83. The summed E-state index contributed by atoms with van der Waals surface area (Å²) in [6.45, 7) is 1.32. The quantitative estimate of drug-likeness (QED) is 0.532. The van der Waals surface area contributed by atoms with Crippen molar-refractivity contribution in [3.05, 3.63) is 66.1 Å². The van der Waals surface area contributed by atoms with Crippen molar-refractivity contribution in [1.82, 2.24) is 19.6 Å². The molecule has 29 heavy (non-hydrogen) atoms. The van der Waals surface area contributed by atoms with E-state index >= 15 is 0 Å². The number of nitrogens with zero attached hydrogens (tertiary/aromatic N) is 4. The highest BCUT2D eigenvalue weighted by Gasteiger charge is 2.15. The lowest BCUT2D eigenvalue weighted by atomic mass is 10.1. The molecule has 2 aromatic heterocycles. The SMILES string of the molecule is COc1ccc(Cc2nc3nccc(-c4ccc5c(c4)OCCCO5)n3n2)cc1. The van der Waals surface area contributed by atoms with Gasteiger partial charge in [-0.15, -0.1) is 5.10 Å². The van der Waals surface area contributed by atoms with E-state index in [9.17, 15) is 0 Å². The minimum absolute atomic E-state index is 0.568. The van der Waals surface area contributed by atoms with Gasteiger partial charge in [-0.1, -0.05) is 12.1 Å². The molecule has 0 bridgehead atoms. The summed E-state index contributed by atoms with van der Waals surface area (Å²) in [4.78, 5) is 8.97. The largest absolute Gasteiger partial charge is 0.497 e. The van der Waals surface area contributed by atoms with Crippen LogP contribution in [0.4, 0.5) is 0 Å². The second-order valence-corrected chi connectivity index (χ2v) is 6.81. The third kappa shape index (κ3) is 3.47. The van der Waals surface area contributed by atoms with Crippen LogP contribution in [-0.2, 0) is 6.42 Å². The van der Waals surface area contributed by atoms with Crippen molar-refractivity contribution in [3.8, 4) is 28.5 Å². The summed E-state index contributed by atoms with van der Waals surface area (Å²) < 4.78 is 18.6. The fraction of sp³-hybridized carbons (Fsp3) is 0.227. The van der Waals surface area contributed by atoms with Crippen LogP contribution in [0.5, 0.6) is 17.2 Å². The molecule has 3 heterocycles. The van der Waals surface area contributed by atoms with E-state index in [0.717, 1.165) is 40.5 Å². The van der Waals surface area contributed by atoms with Crippen LogP contribution < -0.4 is 14.2 Å². The van der Waals surface area contributed by atoms with Crippen molar-refractivity contribution < 1.29 is 14.2 Å². The Labute approximate surface area is 167 Å². The zero-order valence-electron chi connectivity index (χ0n) is 16.0. The first-order valence-electron chi connectivity index (χ1n) is 9.54. The van der Waals surface area contributed by atoms with Crippen molar-refractivity contribution in [2.45, 2.75) is 12.8 Å². The zero-order chi connectivity index (χ0) is 19.6. The second-order valence-electron chi connectivity index (χ2n) is 6.81. The minimum atomic E-state index is 0.568. The number of hydrogen-bond acceptors (Lipinski definition) is 6. The van der Waals surface area contributed by atoms with E-state index in [-0.39, 0.29) is 0 Å². The van der Waals surface area contributed by atoms with Crippen LogP contribution in [0.3, 0.4) is 0 Å². The van der Waals surface area contributed by atoms with E-state index in [1.54, 1.807) is 17.8 Å². The van der Waals surface area contributed by atoms with Gasteiger partial charge in [0.2, 0.25) is 0 Å². The van der Waals surface area contributed by atoms with Gasteiger partial charge < -0.3 is 14.2 Å². The first-order chi connectivity index (χ1) is 14.3. The van der Waals surface area contributed by atoms with Crippen molar-refractivity contribution >= 4 is 5.78 Å². The number of hydrogen-bond donors (Lipinski definition) is 0. The van der Waals surface area contributed by atoms with Gasteiger partial charge in [0, 0.05) is 24.6 Å². The lowest BCUT2D eigenvalue weighted by Gasteiger charge is -2.10. The Hall–Kier alpha value is -3.61. The van der Waals surface area contributed by atoms with Gasteiger partial charge >= 0.3 is 0 Å². The van der Waals surface area contributed by atoms with Gasteiger partial charge in [-0.3, -0.25) is 0 Å². The maximum Gasteiger partial charge on any atom is 0.252 e. The van der Waals surface area contributed by atoms with Crippen LogP contribution in [0.25, 0.3) is 17.0 Å². The van der Waals surface area contributed by atoms with E-state index in [0.29, 0.717) is 31.2 Å². The zero-order valence-corrected chi connectivity index (χ0v) is 16.0. The molecule has 0 amide bonds. The Balaban J connectivity index is 1.49. The molecule has 0 unspecified atom stereocenters. The summed E-state index contributed by atoms with van der Waals surface area (Å²) >= 11 is 0. The Bertz CT molecular complexity index is 1150. The summed E-state index contributed by atoms with van der Waals surface area (Å²) in [5.41, 5.74) is 2.99. The molecule has 0 fully saturated rings. The molecule has 1 aliphatic heterocycles. The molecule has 0 spiro atoms. The summed E-state index contributed by atoms with van der Waals surface area (Å²) in [7, 11) is 1.66. The van der Waals surface area contributed by atoms with Crippen molar-refractivity contribution in [3.63, 3.8) is 0 Å². The number of fused-ring (bicyclic) bond motifs is 2. The molecule has 0 saturated heterocycles. The lowest BCUT2D eigenvalue weighted by Crippen LogP contribution is -1.98. The van der Waals surface area contributed by atoms with Crippen LogP contribution >= 0.6 is 0 Å². The molecule has 0 atom stereocenters. The van der Waals surface area contributed by atoms with E-state index in [4.69, 9.17) is 19.3 Å². The average Bonchev–Trinajstić information content (AvgIpc) is 3.02. The lowest BCUT2D eigenvalue weighted by molar-refractivity contribution is 0.297. The van der Waals surface area contributed by atoms with Gasteiger partial charge in [-0.05, 0) is 42.0 Å². The van der Waals surface area contributed by atoms with Gasteiger partial charge in [0.05, 0.1) is 26.0 Å². The van der Waals surface area contributed by atoms with Crippen LogP contribution in [0, 0.1) is 0 Å². The molecule has 0 saturated carbocycles. The van der Waals surface area contributed by atoms with Crippen LogP contribution in [0.15, 0.2) is 54.7 Å². The molecular weight excluding hydrogens is 368 g/mol. The predicted octanol–water partition coefficient (Wildman–Crippen LogP) is 3.55. The minimum Gasteiger partial charge on any atom is -0.497 e. The average molecular weight is 388 g/mol. The standard InChI is InChI=1S/C22H20N4O3/c1-27-17-6-3-15(4-7-17)13-21-24-22-23-10-9-18(26(22)25-21)16-5-8-19-20(14-16)29-12-2-11-28-19/h3-10,14H,2,11-13H2,1H3. The molecular formula is C22H20N4O3. The van der Waals surface area contributed by atoms with Gasteiger partial charge in [-0.2, -0.15) is 9.50 Å². The molecule has 1 aliphatic rings. The molecule has 146 valence electrons. The van der Waals surface area contributed by atoms with Crippen molar-refractivity contribution in [1.29, 1.82) is 0 Å². The summed E-state index contributed by atoms with van der Waals surface area (Å²) in [5.74, 6) is 3.64. The first kappa shape index (κ1) is 17.5. The third-order valence-corrected chi connectivity index (χ3v) is 4.85. The first-order valence-corrected chi connectivity index (χ1v) is 9.54. The second kappa shape index (κ2) is 7.43. The van der Waals surface area contributed by atoms with Crippen molar-refractivity contribution in [2.75, 3.05) is 20.3 Å². The highest BCUT2D eigenvalue weighted by atomic mass is 16.5. The highest BCUT2D eigenvalue weighted by molar-refractivity contribution is 5.65. The molecule has 7 heteroatoms. The predicted molar refractivity (Wildman–Crippen MR) is 108 cm³/mol. The Morgan fingerprint density at radius 3 is 2.66 bits per heavy atom. The number of ether oxygens (including phenoxy) is 3. The molecule has 0 N–H and O–H groups in total. The van der Waals surface area contributed by atoms with Crippen LogP contribution in [-0.4, -0.2) is 39.9 Å². The van der Waals surface area contributed by atoms with E-state index < -0.39 is 0 Å². The summed E-state index contributed by atoms with van der Waals surface area (Å²) in [6, 6.07) is 15.8. The fourth-order valence-corrected chi connectivity index (χ4v) is 3.38. The molecule has 0 radical (unpaired) electrons. The topological polar surface area (TPSA) is 70.8 Å². The summed E-state index contributed by atoms with van der Waals surface area (Å²) in [6.07, 6.45) is 3.24. The third-order valence-electron chi connectivity index (χ3n) is 4.85. The Morgan fingerprint density at radius 2 is 1.83 bits per heavy atom. The number of methoxy groups -OCH3 is 1. The fourth-order valence-electron chi connectivity index (χ4n) is 3.38. The Morgan fingerprint density at radius 1 is 1.00 bits per heavy atom. The Kier molecular flexibility index (Phi) is 4.48. The highest BCUT2D eigenvalue weighted by Crippen LogP contribution is 2.34. The number of benzene rings is 2. The molecule has 4 aromatic rings. The number of aromatic nitrogens is 4. The van der Waals surface area contributed by atoms with Crippen LogP contribution in [0.2, 0.25) is 0 Å². The molecule has 7 nitrogen and oxygen atoms in total. The molecule has 5 rings (SSSR count). The molecule has 2 aromatic carbocycles. The van der Waals surface area contributed by atoms with Gasteiger partial charge in [-0.25, -0.2) is 4.98 Å². The van der Waals surface area contributed by atoms with Crippen molar-refractivity contribution in [2.24, 2.45) is 0 Å². The smallest absolute Gasteiger partial charge is 0.252 e. The van der Waals surface area contributed by atoms with Crippen LogP contribution in [0.1, 0.15) is 17.8 Å². The van der Waals surface area contributed by atoms with Gasteiger partial charge in [0.15, 0.2) is 17.3 Å². The maximum absolute atomic E-state index is 5.83. The summed E-state index contributed by atoms with van der Waals surface area (Å²) in [5, 5.41) is 4.70.